The van der Waals surface area contributed by atoms with E-state index in [4.69, 9.17) is 14.2 Å². The van der Waals surface area contributed by atoms with E-state index in [2.05, 4.69) is 9.97 Å². The van der Waals surface area contributed by atoms with E-state index in [1.54, 1.807) is 24.5 Å². The molecule has 4 aromatic rings. The molecule has 1 N–H and O–H groups in total. The first-order valence-corrected chi connectivity index (χ1v) is 9.03. The van der Waals surface area contributed by atoms with Gasteiger partial charge in [0, 0.05) is 34.4 Å². The fourth-order valence-electron chi connectivity index (χ4n) is 3.46. The Hall–Kier alpha value is -3.80. The van der Waals surface area contributed by atoms with Gasteiger partial charge in [-0.25, -0.2) is 0 Å². The Morgan fingerprint density at radius 1 is 0.931 bits per heavy atom. The lowest BCUT2D eigenvalue weighted by atomic mass is 9.97. The number of nitrogens with one attached hydrogen (secondary N) is 1. The van der Waals surface area contributed by atoms with Gasteiger partial charge >= 0.3 is 0 Å². The second-order valence-electron chi connectivity index (χ2n) is 6.41. The van der Waals surface area contributed by atoms with Crippen LogP contribution in [-0.4, -0.2) is 37.1 Å². The van der Waals surface area contributed by atoms with Crippen LogP contribution >= 0.6 is 0 Å². The fourth-order valence-corrected chi connectivity index (χ4v) is 3.46. The highest BCUT2D eigenvalue weighted by Crippen LogP contribution is 2.40. The number of benzene rings is 2. The molecule has 29 heavy (non-hydrogen) atoms. The SMILES string of the molecule is COc1cc(C(=O)c2c(-c3cccnc3)[nH]c3ccccc23)cc(OC)c1OC. The van der Waals surface area contributed by atoms with E-state index >= 15 is 0 Å². The molecule has 2 aromatic heterocycles. The normalized spacial score (nSPS) is 10.7. The van der Waals surface area contributed by atoms with Gasteiger partial charge in [0.25, 0.3) is 0 Å². The quantitative estimate of drug-likeness (QED) is 0.493. The van der Waals surface area contributed by atoms with Crippen LogP contribution in [0.1, 0.15) is 15.9 Å². The molecule has 0 bridgehead atoms. The van der Waals surface area contributed by atoms with Crippen molar-refractivity contribution in [2.75, 3.05) is 21.3 Å². The van der Waals surface area contributed by atoms with Crippen molar-refractivity contribution in [1.82, 2.24) is 9.97 Å². The van der Waals surface area contributed by atoms with Crippen LogP contribution in [0, 0.1) is 0 Å². The summed E-state index contributed by atoms with van der Waals surface area (Å²) in [6.07, 6.45) is 3.43. The number of ether oxygens (including phenoxy) is 3. The maximum Gasteiger partial charge on any atom is 0.203 e. The molecule has 4 rings (SSSR count). The Balaban J connectivity index is 1.95. The van der Waals surface area contributed by atoms with Crippen molar-refractivity contribution in [3.05, 3.63) is 72.1 Å². The first kappa shape index (κ1) is 18.6. The minimum atomic E-state index is -0.152. The summed E-state index contributed by atoms with van der Waals surface area (Å²) in [5.41, 5.74) is 3.44. The monoisotopic (exact) mass is 388 g/mol. The standard InChI is InChI=1S/C23H20N2O4/c1-27-18-11-15(12-19(28-2)23(18)29-3)22(26)20-16-8-4-5-9-17(16)25-21(20)14-7-6-10-24-13-14/h4-13,25H,1-3H3. The Morgan fingerprint density at radius 2 is 1.66 bits per heavy atom. The lowest BCUT2D eigenvalue weighted by Gasteiger charge is -2.14. The molecule has 0 amide bonds. The summed E-state index contributed by atoms with van der Waals surface area (Å²) >= 11 is 0. The van der Waals surface area contributed by atoms with Crippen molar-refractivity contribution in [3.8, 4) is 28.5 Å². The van der Waals surface area contributed by atoms with Gasteiger partial charge in [-0.15, -0.1) is 0 Å². The van der Waals surface area contributed by atoms with E-state index < -0.39 is 0 Å². The molecule has 0 radical (unpaired) electrons. The van der Waals surface area contributed by atoms with Crippen LogP contribution in [0.5, 0.6) is 17.2 Å². The van der Waals surface area contributed by atoms with Crippen LogP contribution < -0.4 is 14.2 Å². The number of fused-ring (bicyclic) bond motifs is 1. The van der Waals surface area contributed by atoms with Gasteiger partial charge in [-0.05, 0) is 30.3 Å². The number of carbonyl (C=O) groups is 1. The van der Waals surface area contributed by atoms with Gasteiger partial charge in [0.15, 0.2) is 17.3 Å². The Bertz CT molecular complexity index is 1160. The van der Waals surface area contributed by atoms with Crippen molar-refractivity contribution < 1.29 is 19.0 Å². The van der Waals surface area contributed by atoms with Crippen LogP contribution in [0.4, 0.5) is 0 Å². The number of H-pyrrole nitrogens is 1. The van der Waals surface area contributed by atoms with Gasteiger partial charge in [-0.3, -0.25) is 9.78 Å². The predicted molar refractivity (Wildman–Crippen MR) is 111 cm³/mol. The van der Waals surface area contributed by atoms with Crippen LogP contribution in [0.2, 0.25) is 0 Å². The van der Waals surface area contributed by atoms with E-state index in [-0.39, 0.29) is 5.78 Å². The van der Waals surface area contributed by atoms with Crippen molar-refractivity contribution in [3.63, 3.8) is 0 Å². The highest BCUT2D eigenvalue weighted by atomic mass is 16.5. The van der Waals surface area contributed by atoms with Gasteiger partial charge < -0.3 is 19.2 Å². The third-order valence-electron chi connectivity index (χ3n) is 4.81. The number of methoxy groups -OCH3 is 3. The first-order valence-electron chi connectivity index (χ1n) is 9.03. The minimum absolute atomic E-state index is 0.152. The molecular weight excluding hydrogens is 368 g/mol. The summed E-state index contributed by atoms with van der Waals surface area (Å²) in [5.74, 6) is 1.15. The number of nitrogens with zero attached hydrogens (tertiary/aromatic N) is 1. The number of rotatable bonds is 6. The zero-order chi connectivity index (χ0) is 20.4. The molecule has 0 spiro atoms. The number of hydrogen-bond donors (Lipinski definition) is 1. The third kappa shape index (κ3) is 3.18. The van der Waals surface area contributed by atoms with Crippen LogP contribution in [0.3, 0.4) is 0 Å². The molecule has 146 valence electrons. The summed E-state index contributed by atoms with van der Waals surface area (Å²) in [5, 5.41) is 0.838. The highest BCUT2D eigenvalue weighted by molar-refractivity contribution is 6.20. The number of hydrogen-bond acceptors (Lipinski definition) is 5. The fraction of sp³-hybridized carbons (Fsp3) is 0.130. The minimum Gasteiger partial charge on any atom is -0.493 e. The molecule has 0 aliphatic carbocycles. The molecule has 0 saturated carbocycles. The second kappa shape index (κ2) is 7.67. The molecule has 0 atom stereocenters. The number of ketones is 1. The smallest absolute Gasteiger partial charge is 0.203 e. The molecule has 0 aliphatic heterocycles. The summed E-state index contributed by atoms with van der Waals surface area (Å²) in [6, 6.07) is 14.8. The van der Waals surface area contributed by atoms with E-state index in [9.17, 15) is 4.79 Å². The number of aromatic amines is 1. The predicted octanol–water partition coefficient (Wildman–Crippen LogP) is 4.49. The summed E-state index contributed by atoms with van der Waals surface area (Å²) in [7, 11) is 4.58. The number of carbonyl (C=O) groups excluding carboxylic acids is 1. The van der Waals surface area contributed by atoms with Crippen molar-refractivity contribution in [1.29, 1.82) is 0 Å². The van der Waals surface area contributed by atoms with Gasteiger partial charge in [-0.2, -0.15) is 0 Å². The summed E-state index contributed by atoms with van der Waals surface area (Å²) in [4.78, 5) is 21.2. The molecule has 0 unspecified atom stereocenters. The number of pyridine rings is 1. The largest absolute Gasteiger partial charge is 0.493 e. The zero-order valence-electron chi connectivity index (χ0n) is 16.4. The topological polar surface area (TPSA) is 73.4 Å². The lowest BCUT2D eigenvalue weighted by molar-refractivity contribution is 0.104. The Kier molecular flexibility index (Phi) is 4.91. The van der Waals surface area contributed by atoms with Crippen LogP contribution in [0.15, 0.2) is 60.9 Å². The van der Waals surface area contributed by atoms with Crippen LogP contribution in [0.25, 0.3) is 22.2 Å². The molecule has 0 aliphatic rings. The molecule has 6 heteroatoms. The average molecular weight is 388 g/mol. The van der Waals surface area contributed by atoms with Crippen LogP contribution in [-0.2, 0) is 0 Å². The molecule has 0 fully saturated rings. The number of para-hydroxylation sites is 1. The maximum atomic E-state index is 13.7. The van der Waals surface area contributed by atoms with Gasteiger partial charge in [0.05, 0.1) is 32.6 Å². The second-order valence-corrected chi connectivity index (χ2v) is 6.41. The molecule has 2 aromatic carbocycles. The summed E-state index contributed by atoms with van der Waals surface area (Å²) < 4.78 is 16.2. The molecule has 2 heterocycles. The van der Waals surface area contributed by atoms with E-state index in [0.29, 0.717) is 28.4 Å². The molecule has 0 saturated heterocycles. The number of aromatic nitrogens is 2. The van der Waals surface area contributed by atoms with E-state index in [1.165, 1.54) is 21.3 Å². The van der Waals surface area contributed by atoms with Gasteiger partial charge in [0.2, 0.25) is 5.75 Å². The summed E-state index contributed by atoms with van der Waals surface area (Å²) in [6.45, 7) is 0. The Morgan fingerprint density at radius 3 is 2.28 bits per heavy atom. The maximum absolute atomic E-state index is 13.7. The third-order valence-corrected chi connectivity index (χ3v) is 4.81. The van der Waals surface area contributed by atoms with E-state index in [0.717, 1.165) is 22.2 Å². The van der Waals surface area contributed by atoms with Gasteiger partial charge in [0.1, 0.15) is 0 Å². The highest BCUT2D eigenvalue weighted by Gasteiger charge is 2.24. The molecular formula is C23H20N2O4. The average Bonchev–Trinajstić information content (AvgIpc) is 3.17. The van der Waals surface area contributed by atoms with Gasteiger partial charge in [-0.1, -0.05) is 18.2 Å². The first-order chi connectivity index (χ1) is 14.2. The van der Waals surface area contributed by atoms with E-state index in [1.807, 2.05) is 36.4 Å². The van der Waals surface area contributed by atoms with Crippen molar-refractivity contribution in [2.45, 2.75) is 0 Å². The lowest BCUT2D eigenvalue weighted by Crippen LogP contribution is -2.05. The van der Waals surface area contributed by atoms with Crippen molar-refractivity contribution >= 4 is 16.7 Å². The molecule has 6 nitrogen and oxygen atoms in total. The zero-order valence-corrected chi connectivity index (χ0v) is 16.4. The van der Waals surface area contributed by atoms with Crippen molar-refractivity contribution in [2.24, 2.45) is 0 Å². The Labute approximate surface area is 168 Å².